The molecule has 1 rings (SSSR count). The molecule has 7 heteroatoms. The van der Waals surface area contributed by atoms with Gasteiger partial charge in [0.05, 0.1) is 6.42 Å². The molecule has 3 amide bonds. The molecular weight excluding hydrogens is 292 g/mol. The van der Waals surface area contributed by atoms with Crippen molar-refractivity contribution in [3.05, 3.63) is 22.4 Å². The number of urea groups is 1. The van der Waals surface area contributed by atoms with Crippen LogP contribution in [0, 0.1) is 0 Å². The summed E-state index contributed by atoms with van der Waals surface area (Å²) in [5.74, 6) is -1.16. The Hall–Kier alpha value is -1.89. The van der Waals surface area contributed by atoms with Crippen LogP contribution in [0.25, 0.3) is 0 Å². The lowest BCUT2D eigenvalue weighted by atomic mass is 10.1. The third-order valence-corrected chi connectivity index (χ3v) is 3.18. The number of imide groups is 1. The fourth-order valence-electron chi connectivity index (χ4n) is 1.43. The second-order valence-corrected chi connectivity index (χ2v) is 6.61. The van der Waals surface area contributed by atoms with Crippen molar-refractivity contribution >= 4 is 29.2 Å². The fourth-order valence-corrected chi connectivity index (χ4v) is 2.12. The molecule has 1 aromatic rings. The number of hydrogen-bond donors (Lipinski definition) is 2. The molecule has 0 radical (unpaired) electrons. The Kier molecular flexibility index (Phi) is 5.90. The third kappa shape index (κ3) is 6.89. The highest BCUT2D eigenvalue weighted by atomic mass is 32.1. The van der Waals surface area contributed by atoms with Crippen molar-refractivity contribution in [2.24, 2.45) is 0 Å². The summed E-state index contributed by atoms with van der Waals surface area (Å²) in [5, 5.41) is 6.58. The number of rotatable bonds is 4. The van der Waals surface area contributed by atoms with Crippen LogP contribution in [-0.2, 0) is 20.7 Å². The van der Waals surface area contributed by atoms with Crippen molar-refractivity contribution in [3.63, 3.8) is 0 Å². The quantitative estimate of drug-likeness (QED) is 0.831. The van der Waals surface area contributed by atoms with E-state index in [0.29, 0.717) is 0 Å². The van der Waals surface area contributed by atoms with Crippen molar-refractivity contribution in [2.75, 3.05) is 0 Å². The highest BCUT2D eigenvalue weighted by Gasteiger charge is 2.22. The van der Waals surface area contributed by atoms with Gasteiger partial charge in [0, 0.05) is 10.4 Å². The molecule has 1 aromatic heterocycles. The molecule has 1 heterocycles. The molecule has 0 aromatic carbocycles. The molecule has 0 aliphatic heterocycles. The van der Waals surface area contributed by atoms with E-state index in [1.807, 2.05) is 17.5 Å². The van der Waals surface area contributed by atoms with Gasteiger partial charge in [-0.15, -0.1) is 11.3 Å². The Morgan fingerprint density at radius 2 is 2.00 bits per heavy atom. The molecule has 0 spiro atoms. The standard InChI is InChI=1S/C14H20N2O4S/c1-9(12(18)15-13(19)16-14(2,3)4)20-11(17)8-10-6-5-7-21-10/h5-7,9H,8H2,1-4H3,(H2,15,16,18,19). The first-order valence-corrected chi connectivity index (χ1v) is 7.40. The van der Waals surface area contributed by atoms with E-state index >= 15 is 0 Å². The van der Waals surface area contributed by atoms with Gasteiger partial charge >= 0.3 is 12.0 Å². The predicted molar refractivity (Wildman–Crippen MR) is 80.0 cm³/mol. The first-order chi connectivity index (χ1) is 9.67. The lowest BCUT2D eigenvalue weighted by molar-refractivity contribution is -0.153. The molecule has 0 fully saturated rings. The van der Waals surface area contributed by atoms with E-state index < -0.39 is 29.6 Å². The maximum atomic E-state index is 11.7. The third-order valence-electron chi connectivity index (χ3n) is 2.30. The summed E-state index contributed by atoms with van der Waals surface area (Å²) in [6.45, 7) is 6.80. The summed E-state index contributed by atoms with van der Waals surface area (Å²) in [7, 11) is 0. The number of hydrogen-bond acceptors (Lipinski definition) is 5. The molecule has 1 atom stereocenters. The van der Waals surface area contributed by atoms with Gasteiger partial charge in [-0.2, -0.15) is 0 Å². The molecule has 116 valence electrons. The van der Waals surface area contributed by atoms with Crippen molar-refractivity contribution in [2.45, 2.75) is 45.8 Å². The van der Waals surface area contributed by atoms with Crippen LogP contribution in [0.4, 0.5) is 4.79 Å². The number of carbonyl (C=O) groups is 3. The van der Waals surface area contributed by atoms with Gasteiger partial charge in [-0.1, -0.05) is 6.07 Å². The van der Waals surface area contributed by atoms with Crippen LogP contribution < -0.4 is 10.6 Å². The van der Waals surface area contributed by atoms with Crippen molar-refractivity contribution in [1.29, 1.82) is 0 Å². The summed E-state index contributed by atoms with van der Waals surface area (Å²) in [6, 6.07) is 3.03. The van der Waals surface area contributed by atoms with Gasteiger partial charge in [-0.25, -0.2) is 4.79 Å². The summed E-state index contributed by atoms with van der Waals surface area (Å²) < 4.78 is 4.99. The van der Waals surface area contributed by atoms with Gasteiger partial charge in [0.25, 0.3) is 5.91 Å². The second-order valence-electron chi connectivity index (χ2n) is 5.58. The maximum absolute atomic E-state index is 11.7. The Morgan fingerprint density at radius 1 is 1.33 bits per heavy atom. The van der Waals surface area contributed by atoms with Crippen molar-refractivity contribution < 1.29 is 19.1 Å². The van der Waals surface area contributed by atoms with E-state index in [-0.39, 0.29) is 6.42 Å². The molecule has 0 aliphatic rings. The van der Waals surface area contributed by atoms with Crippen LogP contribution in [0.1, 0.15) is 32.6 Å². The van der Waals surface area contributed by atoms with E-state index in [1.54, 1.807) is 20.8 Å². The fraction of sp³-hybridized carbons (Fsp3) is 0.500. The first kappa shape index (κ1) is 17.2. The first-order valence-electron chi connectivity index (χ1n) is 6.52. The highest BCUT2D eigenvalue weighted by molar-refractivity contribution is 7.10. The largest absolute Gasteiger partial charge is 0.452 e. The Labute approximate surface area is 127 Å². The van der Waals surface area contributed by atoms with E-state index in [1.165, 1.54) is 18.3 Å². The lowest BCUT2D eigenvalue weighted by Gasteiger charge is -2.21. The highest BCUT2D eigenvalue weighted by Crippen LogP contribution is 2.10. The maximum Gasteiger partial charge on any atom is 0.321 e. The van der Waals surface area contributed by atoms with Crippen LogP contribution in [-0.4, -0.2) is 29.6 Å². The molecule has 0 bridgehead atoms. The molecule has 21 heavy (non-hydrogen) atoms. The van der Waals surface area contributed by atoms with Gasteiger partial charge in [0.1, 0.15) is 0 Å². The van der Waals surface area contributed by atoms with Crippen LogP contribution in [0.2, 0.25) is 0 Å². The van der Waals surface area contributed by atoms with Gasteiger partial charge < -0.3 is 10.1 Å². The lowest BCUT2D eigenvalue weighted by Crippen LogP contribution is -2.50. The van der Waals surface area contributed by atoms with Crippen molar-refractivity contribution in [1.82, 2.24) is 10.6 Å². The minimum atomic E-state index is -1.02. The van der Waals surface area contributed by atoms with Crippen LogP contribution in [0.5, 0.6) is 0 Å². The van der Waals surface area contributed by atoms with Gasteiger partial charge in [-0.3, -0.25) is 14.9 Å². The van der Waals surface area contributed by atoms with E-state index in [9.17, 15) is 14.4 Å². The second kappa shape index (κ2) is 7.21. The smallest absolute Gasteiger partial charge is 0.321 e. The van der Waals surface area contributed by atoms with Gasteiger partial charge in [0.15, 0.2) is 6.10 Å². The molecule has 1 unspecified atom stereocenters. The summed E-state index contributed by atoms with van der Waals surface area (Å²) in [5.41, 5.74) is -0.455. The molecule has 6 nitrogen and oxygen atoms in total. The van der Waals surface area contributed by atoms with Crippen molar-refractivity contribution in [3.8, 4) is 0 Å². The topological polar surface area (TPSA) is 84.5 Å². The Bertz CT molecular complexity index is 506. The van der Waals surface area contributed by atoms with Crippen LogP contribution in [0.3, 0.4) is 0 Å². The van der Waals surface area contributed by atoms with Crippen LogP contribution in [0.15, 0.2) is 17.5 Å². The SMILES string of the molecule is CC(OC(=O)Cc1cccs1)C(=O)NC(=O)NC(C)(C)C. The molecule has 0 saturated carbocycles. The number of nitrogens with one attached hydrogen (secondary N) is 2. The number of carbonyl (C=O) groups excluding carboxylic acids is 3. The normalized spacial score (nSPS) is 12.4. The number of thiophene rings is 1. The zero-order chi connectivity index (χ0) is 16.0. The number of esters is 1. The van der Waals surface area contributed by atoms with Gasteiger partial charge in [-0.05, 0) is 39.1 Å². The minimum Gasteiger partial charge on any atom is -0.452 e. The zero-order valence-electron chi connectivity index (χ0n) is 12.6. The number of ether oxygens (including phenoxy) is 1. The summed E-state index contributed by atoms with van der Waals surface area (Å²) in [4.78, 5) is 35.8. The molecule has 2 N–H and O–H groups in total. The van der Waals surface area contributed by atoms with E-state index in [0.717, 1.165) is 4.88 Å². The average Bonchev–Trinajstić information content (AvgIpc) is 2.78. The number of amides is 3. The van der Waals surface area contributed by atoms with Crippen LogP contribution >= 0.6 is 11.3 Å². The molecule has 0 aliphatic carbocycles. The van der Waals surface area contributed by atoms with E-state index in [2.05, 4.69) is 10.6 Å². The monoisotopic (exact) mass is 312 g/mol. The molecule has 0 saturated heterocycles. The predicted octanol–water partition coefficient (Wildman–Crippen LogP) is 1.85. The Balaban J connectivity index is 2.40. The summed E-state index contributed by atoms with van der Waals surface area (Å²) >= 11 is 1.44. The zero-order valence-corrected chi connectivity index (χ0v) is 13.4. The average molecular weight is 312 g/mol. The Morgan fingerprint density at radius 3 is 2.52 bits per heavy atom. The molecular formula is C14H20N2O4S. The summed E-state index contributed by atoms with van der Waals surface area (Å²) in [6.07, 6.45) is -0.910. The van der Waals surface area contributed by atoms with Gasteiger partial charge in [0.2, 0.25) is 0 Å². The van der Waals surface area contributed by atoms with E-state index in [4.69, 9.17) is 4.74 Å². The minimum absolute atomic E-state index is 0.115.